The number of rotatable bonds is 9. The van der Waals surface area contributed by atoms with Gasteiger partial charge in [-0.05, 0) is 18.2 Å². The van der Waals surface area contributed by atoms with Crippen LogP contribution >= 0.6 is 23.2 Å². The van der Waals surface area contributed by atoms with Crippen molar-refractivity contribution < 1.29 is 14.2 Å². The van der Waals surface area contributed by atoms with Crippen LogP contribution < -0.4 is 4.74 Å². The fourth-order valence-corrected chi connectivity index (χ4v) is 1.78. The molecule has 1 aromatic rings. The third-order valence-electron chi connectivity index (χ3n) is 2.29. The number of benzene rings is 1. The molecule has 102 valence electrons. The first-order chi connectivity index (χ1) is 8.77. The summed E-state index contributed by atoms with van der Waals surface area (Å²) in [6.07, 6.45) is 0.827. The molecule has 1 aromatic carbocycles. The second kappa shape index (κ2) is 9.45. The van der Waals surface area contributed by atoms with Crippen molar-refractivity contribution in [1.82, 2.24) is 0 Å². The summed E-state index contributed by atoms with van der Waals surface area (Å²) in [7, 11) is 1.65. The Labute approximate surface area is 118 Å². The van der Waals surface area contributed by atoms with Crippen LogP contribution in [0.25, 0.3) is 0 Å². The average molecular weight is 293 g/mol. The van der Waals surface area contributed by atoms with Crippen LogP contribution in [0.3, 0.4) is 0 Å². The molecule has 1 rings (SSSR count). The second-order valence-corrected chi connectivity index (χ2v) is 4.40. The minimum absolute atomic E-state index is 0.389. The van der Waals surface area contributed by atoms with Gasteiger partial charge in [-0.15, -0.1) is 11.6 Å². The number of halogens is 2. The van der Waals surface area contributed by atoms with Crippen LogP contribution in [0.1, 0.15) is 12.0 Å². The van der Waals surface area contributed by atoms with E-state index in [0.717, 1.165) is 17.7 Å². The Morgan fingerprint density at radius 1 is 1.11 bits per heavy atom. The van der Waals surface area contributed by atoms with E-state index in [9.17, 15) is 0 Å². The molecule has 0 heterocycles. The van der Waals surface area contributed by atoms with E-state index >= 15 is 0 Å². The smallest absolute Gasteiger partial charge is 0.123 e. The lowest BCUT2D eigenvalue weighted by molar-refractivity contribution is 0.0644. The molecule has 5 heteroatoms. The molecule has 0 N–H and O–H groups in total. The van der Waals surface area contributed by atoms with Gasteiger partial charge in [0, 0.05) is 30.7 Å². The number of ether oxygens (including phenoxy) is 3. The molecule has 0 amide bonds. The molecular formula is C13H18Cl2O3. The van der Waals surface area contributed by atoms with Gasteiger partial charge in [0.2, 0.25) is 0 Å². The van der Waals surface area contributed by atoms with Crippen LogP contribution in [0.15, 0.2) is 18.2 Å². The van der Waals surface area contributed by atoms with E-state index in [4.69, 9.17) is 37.4 Å². The van der Waals surface area contributed by atoms with Crippen molar-refractivity contribution in [3.05, 3.63) is 28.8 Å². The number of alkyl halides is 1. The topological polar surface area (TPSA) is 27.7 Å². The molecule has 0 spiro atoms. The first-order valence-electron chi connectivity index (χ1n) is 5.81. The SMILES string of the molecule is COCCOCCCOc1ccc(Cl)cc1CCl. The summed E-state index contributed by atoms with van der Waals surface area (Å²) in [6, 6.07) is 5.45. The Hall–Kier alpha value is -0.480. The van der Waals surface area contributed by atoms with Crippen molar-refractivity contribution in [1.29, 1.82) is 0 Å². The first kappa shape index (κ1) is 15.6. The Morgan fingerprint density at radius 2 is 1.94 bits per heavy atom. The zero-order valence-electron chi connectivity index (χ0n) is 10.5. The van der Waals surface area contributed by atoms with Crippen LogP contribution in [-0.2, 0) is 15.4 Å². The third-order valence-corrected chi connectivity index (χ3v) is 2.81. The van der Waals surface area contributed by atoms with E-state index in [0.29, 0.717) is 37.3 Å². The summed E-state index contributed by atoms with van der Waals surface area (Å²) in [5, 5.41) is 0.667. The molecule has 3 nitrogen and oxygen atoms in total. The molecule has 0 radical (unpaired) electrons. The van der Waals surface area contributed by atoms with Gasteiger partial charge in [-0.2, -0.15) is 0 Å². The predicted octanol–water partition coefficient (Wildman–Crippen LogP) is 3.51. The highest BCUT2D eigenvalue weighted by molar-refractivity contribution is 6.30. The lowest BCUT2D eigenvalue weighted by atomic mass is 10.2. The van der Waals surface area contributed by atoms with Gasteiger partial charge in [0.05, 0.1) is 25.7 Å². The maximum atomic E-state index is 5.88. The normalized spacial score (nSPS) is 10.6. The standard InChI is InChI=1S/C13H18Cl2O3/c1-16-7-8-17-5-2-6-18-13-4-3-12(15)9-11(13)10-14/h3-4,9H,2,5-8,10H2,1H3. The van der Waals surface area contributed by atoms with Gasteiger partial charge < -0.3 is 14.2 Å². The summed E-state index contributed by atoms with van der Waals surface area (Å²) >= 11 is 11.7. The van der Waals surface area contributed by atoms with E-state index in [-0.39, 0.29) is 0 Å². The highest BCUT2D eigenvalue weighted by Gasteiger charge is 2.03. The van der Waals surface area contributed by atoms with Crippen LogP contribution in [0.2, 0.25) is 5.02 Å². The summed E-state index contributed by atoms with van der Waals surface area (Å²) in [5.41, 5.74) is 0.907. The molecule has 0 aliphatic rings. The molecule has 0 saturated heterocycles. The molecule has 0 unspecified atom stereocenters. The van der Waals surface area contributed by atoms with E-state index in [1.54, 1.807) is 13.2 Å². The average Bonchev–Trinajstić information content (AvgIpc) is 2.39. The fraction of sp³-hybridized carbons (Fsp3) is 0.538. The van der Waals surface area contributed by atoms with Crippen LogP contribution in [0.5, 0.6) is 5.75 Å². The zero-order valence-corrected chi connectivity index (χ0v) is 12.0. The predicted molar refractivity (Wildman–Crippen MR) is 73.8 cm³/mol. The summed E-state index contributed by atoms with van der Waals surface area (Å²) in [5.74, 6) is 1.17. The number of hydrogen-bond donors (Lipinski definition) is 0. The van der Waals surface area contributed by atoms with E-state index in [2.05, 4.69) is 0 Å². The molecule has 0 aliphatic carbocycles. The van der Waals surface area contributed by atoms with Crippen molar-refractivity contribution in [2.75, 3.05) is 33.5 Å². The fourth-order valence-electron chi connectivity index (χ4n) is 1.38. The second-order valence-electron chi connectivity index (χ2n) is 3.69. The van der Waals surface area contributed by atoms with Gasteiger partial charge in [-0.1, -0.05) is 11.6 Å². The quantitative estimate of drug-likeness (QED) is 0.515. The molecule has 18 heavy (non-hydrogen) atoms. The molecule has 0 aromatic heterocycles. The first-order valence-corrected chi connectivity index (χ1v) is 6.73. The molecule has 0 aliphatic heterocycles. The Balaban J connectivity index is 2.22. The van der Waals surface area contributed by atoms with Gasteiger partial charge in [0.1, 0.15) is 5.75 Å². The highest BCUT2D eigenvalue weighted by atomic mass is 35.5. The third kappa shape index (κ3) is 5.91. The minimum atomic E-state index is 0.389. The number of methoxy groups -OCH3 is 1. The van der Waals surface area contributed by atoms with Gasteiger partial charge in [-0.3, -0.25) is 0 Å². The van der Waals surface area contributed by atoms with E-state index in [1.165, 1.54) is 0 Å². The number of hydrogen-bond acceptors (Lipinski definition) is 3. The molecule has 0 saturated carbocycles. The largest absolute Gasteiger partial charge is 0.493 e. The molecule has 0 bridgehead atoms. The van der Waals surface area contributed by atoms with Gasteiger partial charge in [0.25, 0.3) is 0 Å². The Kier molecular flexibility index (Phi) is 8.18. The summed E-state index contributed by atoms with van der Waals surface area (Å²) < 4.78 is 15.8. The van der Waals surface area contributed by atoms with Crippen molar-refractivity contribution in [3.8, 4) is 5.75 Å². The Morgan fingerprint density at radius 3 is 2.67 bits per heavy atom. The van der Waals surface area contributed by atoms with E-state index < -0.39 is 0 Å². The molecular weight excluding hydrogens is 275 g/mol. The maximum absolute atomic E-state index is 5.88. The van der Waals surface area contributed by atoms with Crippen LogP contribution in [0, 0.1) is 0 Å². The lowest BCUT2D eigenvalue weighted by Gasteiger charge is -2.10. The van der Waals surface area contributed by atoms with Gasteiger partial charge in [0.15, 0.2) is 0 Å². The van der Waals surface area contributed by atoms with Crippen molar-refractivity contribution >= 4 is 23.2 Å². The monoisotopic (exact) mass is 292 g/mol. The highest BCUT2D eigenvalue weighted by Crippen LogP contribution is 2.24. The summed E-state index contributed by atoms with van der Waals surface area (Å²) in [4.78, 5) is 0. The van der Waals surface area contributed by atoms with Crippen molar-refractivity contribution in [2.45, 2.75) is 12.3 Å². The van der Waals surface area contributed by atoms with Gasteiger partial charge in [-0.25, -0.2) is 0 Å². The van der Waals surface area contributed by atoms with Crippen LogP contribution in [0.4, 0.5) is 0 Å². The zero-order chi connectivity index (χ0) is 13.2. The maximum Gasteiger partial charge on any atom is 0.123 e. The van der Waals surface area contributed by atoms with E-state index in [1.807, 2.05) is 12.1 Å². The van der Waals surface area contributed by atoms with Crippen molar-refractivity contribution in [2.24, 2.45) is 0 Å². The Bertz CT molecular complexity index is 345. The minimum Gasteiger partial charge on any atom is -0.493 e. The van der Waals surface area contributed by atoms with Crippen LogP contribution in [-0.4, -0.2) is 33.5 Å². The van der Waals surface area contributed by atoms with Gasteiger partial charge >= 0.3 is 0 Å². The summed E-state index contributed by atoms with van der Waals surface area (Å²) in [6.45, 7) is 2.49. The molecule has 0 fully saturated rings. The molecule has 0 atom stereocenters. The lowest BCUT2D eigenvalue weighted by Crippen LogP contribution is -2.07. The van der Waals surface area contributed by atoms with Crippen molar-refractivity contribution in [3.63, 3.8) is 0 Å².